The Labute approximate surface area is 205 Å². The fourth-order valence-electron chi connectivity index (χ4n) is 5.07. The van der Waals surface area contributed by atoms with Crippen LogP contribution >= 0.6 is 0 Å². The molecule has 3 aromatic rings. The quantitative estimate of drug-likeness (QED) is 0.545. The van der Waals surface area contributed by atoms with Gasteiger partial charge in [-0.05, 0) is 67.6 Å². The molecule has 3 aliphatic rings. The second-order valence-electron chi connectivity index (χ2n) is 9.75. The smallest absolute Gasteiger partial charge is 0.166 e. The molecule has 7 nitrogen and oxygen atoms in total. The van der Waals surface area contributed by atoms with Crippen molar-refractivity contribution >= 4 is 11.9 Å². The second kappa shape index (κ2) is 9.34. The molecule has 2 aliphatic heterocycles. The van der Waals surface area contributed by atoms with Crippen molar-refractivity contribution in [2.75, 3.05) is 44.2 Å². The molecule has 2 aromatic carbocycles. The van der Waals surface area contributed by atoms with Crippen molar-refractivity contribution in [3.63, 3.8) is 0 Å². The van der Waals surface area contributed by atoms with E-state index in [0.717, 1.165) is 56.6 Å². The Bertz CT molecular complexity index is 1200. The van der Waals surface area contributed by atoms with Crippen LogP contribution in [-0.2, 0) is 0 Å². The molecule has 0 amide bonds. The highest BCUT2D eigenvalue weighted by Gasteiger charge is 2.30. The van der Waals surface area contributed by atoms with Gasteiger partial charge in [0.15, 0.2) is 11.6 Å². The second-order valence-corrected chi connectivity index (χ2v) is 9.75. The van der Waals surface area contributed by atoms with Crippen LogP contribution in [0.1, 0.15) is 31.2 Å². The highest BCUT2D eigenvalue weighted by molar-refractivity contribution is 5.86. The van der Waals surface area contributed by atoms with E-state index in [1.807, 2.05) is 11.2 Å². The highest BCUT2D eigenvalue weighted by atomic mass is 19.1. The average Bonchev–Trinajstić information content (AvgIpc) is 3.37. The fraction of sp³-hybridized carbons (Fsp3) is 0.407. The third-order valence-electron chi connectivity index (χ3n) is 7.31. The van der Waals surface area contributed by atoms with Gasteiger partial charge < -0.3 is 10.0 Å². The van der Waals surface area contributed by atoms with Crippen molar-refractivity contribution in [1.29, 1.82) is 0 Å². The van der Waals surface area contributed by atoms with Gasteiger partial charge in [-0.2, -0.15) is 10.2 Å². The number of phenolic OH excluding ortho intramolecular Hbond substituents is 1. The summed E-state index contributed by atoms with van der Waals surface area (Å²) in [7, 11) is 0. The molecular formula is C27H31FN6O. The van der Waals surface area contributed by atoms with Gasteiger partial charge in [-0.25, -0.2) is 9.07 Å². The summed E-state index contributed by atoms with van der Waals surface area (Å²) < 4.78 is 16.4. The van der Waals surface area contributed by atoms with Gasteiger partial charge in [0.2, 0.25) is 0 Å². The maximum absolute atomic E-state index is 14.6. The van der Waals surface area contributed by atoms with E-state index in [-0.39, 0.29) is 5.75 Å². The van der Waals surface area contributed by atoms with E-state index < -0.39 is 5.82 Å². The number of phenols is 1. The summed E-state index contributed by atoms with van der Waals surface area (Å²) in [6.45, 7) is 5.92. The Morgan fingerprint density at radius 2 is 1.63 bits per heavy atom. The molecule has 6 rings (SSSR count). The fourth-order valence-corrected chi connectivity index (χ4v) is 5.07. The summed E-state index contributed by atoms with van der Waals surface area (Å²) in [5, 5.41) is 21.3. The first kappa shape index (κ1) is 22.1. The molecule has 0 spiro atoms. The molecule has 8 heteroatoms. The number of benzene rings is 2. The van der Waals surface area contributed by atoms with Crippen molar-refractivity contribution in [2.24, 2.45) is 5.10 Å². The van der Waals surface area contributed by atoms with Crippen LogP contribution in [0.15, 0.2) is 53.9 Å². The Morgan fingerprint density at radius 1 is 0.914 bits per heavy atom. The monoisotopic (exact) mass is 474 g/mol. The number of anilines is 1. The molecule has 1 N–H and O–H groups in total. The topological polar surface area (TPSA) is 60.1 Å². The number of hydrogen-bond acceptors (Lipinski definition) is 6. The van der Waals surface area contributed by atoms with Crippen molar-refractivity contribution in [2.45, 2.75) is 31.7 Å². The zero-order valence-electron chi connectivity index (χ0n) is 19.9. The highest BCUT2D eigenvalue weighted by Crippen LogP contribution is 2.30. The number of halogens is 1. The minimum Gasteiger partial charge on any atom is -0.504 e. The normalized spacial score (nSPS) is 19.2. The van der Waals surface area contributed by atoms with Crippen molar-refractivity contribution in [3.8, 4) is 22.6 Å². The van der Waals surface area contributed by atoms with Crippen LogP contribution < -0.4 is 4.90 Å². The molecule has 3 fully saturated rings. The van der Waals surface area contributed by atoms with Crippen LogP contribution in [0, 0.1) is 5.82 Å². The van der Waals surface area contributed by atoms with Gasteiger partial charge >= 0.3 is 0 Å². The Kier molecular flexibility index (Phi) is 5.90. The van der Waals surface area contributed by atoms with Gasteiger partial charge in [-0.1, -0.05) is 0 Å². The Balaban J connectivity index is 1.18. The summed E-state index contributed by atoms with van der Waals surface area (Å²) >= 11 is 0. The number of rotatable bonds is 6. The predicted octanol–water partition coefficient (Wildman–Crippen LogP) is 4.10. The summed E-state index contributed by atoms with van der Waals surface area (Å²) in [5.74, 6) is -1.04. The van der Waals surface area contributed by atoms with Crippen LogP contribution in [-0.4, -0.2) is 76.3 Å². The van der Waals surface area contributed by atoms with Crippen LogP contribution in [0.5, 0.6) is 5.75 Å². The number of hydrazone groups is 1. The SMILES string of the molecule is Oc1c(F)cc(-c2cnn(-c3ccc(N4CCCC4)cc3)c2)cc1C=NN1CCN(C2CC2)CC1. The zero-order valence-corrected chi connectivity index (χ0v) is 19.9. The third kappa shape index (κ3) is 4.75. The van der Waals surface area contributed by atoms with E-state index in [1.54, 1.807) is 23.2 Å². The predicted molar refractivity (Wildman–Crippen MR) is 136 cm³/mol. The molecule has 182 valence electrons. The van der Waals surface area contributed by atoms with Crippen LogP contribution in [0.4, 0.5) is 10.1 Å². The van der Waals surface area contributed by atoms with Crippen molar-refractivity contribution in [3.05, 3.63) is 60.2 Å². The van der Waals surface area contributed by atoms with E-state index in [9.17, 15) is 9.50 Å². The van der Waals surface area contributed by atoms with Gasteiger partial charge in [-0.3, -0.25) is 9.91 Å². The first-order valence-corrected chi connectivity index (χ1v) is 12.6. The standard InChI is InChI=1S/C27H31FN6O/c28-26-16-20(15-21(27(26)35)17-29-33-13-11-32(12-14-33)24-3-4-24)22-18-30-34(19-22)25-7-5-23(6-8-25)31-9-1-2-10-31/h5-8,15-19,24,35H,1-4,9-14H2. The molecule has 0 unspecified atom stereocenters. The molecule has 1 aromatic heterocycles. The first-order valence-electron chi connectivity index (χ1n) is 12.6. The number of nitrogens with zero attached hydrogens (tertiary/aromatic N) is 6. The van der Waals surface area contributed by atoms with Crippen molar-refractivity contribution in [1.82, 2.24) is 19.7 Å². The summed E-state index contributed by atoms with van der Waals surface area (Å²) in [6, 6.07) is 12.2. The lowest BCUT2D eigenvalue weighted by Crippen LogP contribution is -2.45. The molecule has 1 aliphatic carbocycles. The Morgan fingerprint density at radius 3 is 2.34 bits per heavy atom. The molecule has 0 bridgehead atoms. The lowest BCUT2D eigenvalue weighted by atomic mass is 10.1. The number of piperazine rings is 1. The largest absolute Gasteiger partial charge is 0.504 e. The first-order chi connectivity index (χ1) is 17.1. The molecular weight excluding hydrogens is 443 g/mol. The van der Waals surface area contributed by atoms with Crippen molar-refractivity contribution < 1.29 is 9.50 Å². The Hall–Kier alpha value is -3.39. The van der Waals surface area contributed by atoms with E-state index in [2.05, 4.69) is 44.3 Å². The molecule has 2 saturated heterocycles. The van der Waals surface area contributed by atoms with Gasteiger partial charge in [-0.15, -0.1) is 0 Å². The van der Waals surface area contributed by atoms with Crippen LogP contribution in [0.25, 0.3) is 16.8 Å². The number of hydrogen-bond donors (Lipinski definition) is 1. The minimum atomic E-state index is -0.662. The number of aromatic nitrogens is 2. The van der Waals surface area contributed by atoms with Gasteiger partial charge in [0, 0.05) is 68.3 Å². The maximum atomic E-state index is 14.6. The lowest BCUT2D eigenvalue weighted by molar-refractivity contribution is 0.130. The van der Waals surface area contributed by atoms with Gasteiger partial charge in [0.05, 0.1) is 18.1 Å². The van der Waals surface area contributed by atoms with E-state index >= 15 is 0 Å². The zero-order chi connectivity index (χ0) is 23.8. The molecule has 0 radical (unpaired) electrons. The number of aromatic hydroxyl groups is 1. The summed E-state index contributed by atoms with van der Waals surface area (Å²) in [4.78, 5) is 4.91. The van der Waals surface area contributed by atoms with Crippen LogP contribution in [0.2, 0.25) is 0 Å². The van der Waals surface area contributed by atoms with E-state index in [1.165, 1.54) is 37.4 Å². The lowest BCUT2D eigenvalue weighted by Gasteiger charge is -2.33. The average molecular weight is 475 g/mol. The molecule has 3 heterocycles. The molecule has 35 heavy (non-hydrogen) atoms. The molecule has 0 atom stereocenters. The van der Waals surface area contributed by atoms with Gasteiger partial charge in [0.1, 0.15) is 0 Å². The van der Waals surface area contributed by atoms with E-state index in [0.29, 0.717) is 11.1 Å². The van der Waals surface area contributed by atoms with Gasteiger partial charge in [0.25, 0.3) is 0 Å². The minimum absolute atomic E-state index is 0.368. The summed E-state index contributed by atoms with van der Waals surface area (Å²) in [6.07, 6.45) is 10.3. The van der Waals surface area contributed by atoms with Crippen LogP contribution in [0.3, 0.4) is 0 Å². The third-order valence-corrected chi connectivity index (χ3v) is 7.31. The molecule has 1 saturated carbocycles. The van der Waals surface area contributed by atoms with E-state index in [4.69, 9.17) is 0 Å². The summed E-state index contributed by atoms with van der Waals surface area (Å²) in [5.41, 5.74) is 3.98. The maximum Gasteiger partial charge on any atom is 0.166 e.